The van der Waals surface area contributed by atoms with Crippen LogP contribution in [0.4, 0.5) is 5.69 Å². The number of rotatable bonds is 4. The van der Waals surface area contributed by atoms with Crippen LogP contribution in [0, 0.1) is 0 Å². The smallest absolute Gasteiger partial charge is 0.257 e. The van der Waals surface area contributed by atoms with Gasteiger partial charge in [0.1, 0.15) is 0 Å². The van der Waals surface area contributed by atoms with Crippen LogP contribution in [-0.4, -0.2) is 49.9 Å². The van der Waals surface area contributed by atoms with E-state index in [0.29, 0.717) is 12.1 Å². The van der Waals surface area contributed by atoms with Crippen LogP contribution in [0.25, 0.3) is 11.3 Å². The lowest BCUT2D eigenvalue weighted by atomic mass is 10.0. The normalized spacial score (nSPS) is 17.3. The van der Waals surface area contributed by atoms with Crippen LogP contribution in [0.2, 0.25) is 0 Å². The number of H-pyrrole nitrogens is 1. The van der Waals surface area contributed by atoms with Crippen LogP contribution in [-0.2, 0) is 7.05 Å². The van der Waals surface area contributed by atoms with E-state index in [2.05, 4.69) is 32.7 Å². The number of nitrogens with zero attached hydrogens (tertiary/aromatic N) is 4. The number of nitrogens with one attached hydrogen (secondary N) is 2. The number of carbonyl (C=O) groups is 1. The summed E-state index contributed by atoms with van der Waals surface area (Å²) in [4.78, 5) is 15.0. The Bertz CT molecular complexity index is 884. The van der Waals surface area contributed by atoms with Gasteiger partial charge >= 0.3 is 0 Å². The molecule has 0 radical (unpaired) electrons. The molecule has 0 aliphatic carbocycles. The number of aryl methyl sites for hydroxylation is 1. The van der Waals surface area contributed by atoms with Gasteiger partial charge in [0.25, 0.3) is 5.91 Å². The zero-order valence-corrected chi connectivity index (χ0v) is 14.7. The fraction of sp³-hybridized carbons (Fsp3) is 0.316. The number of aromatic nitrogens is 4. The second-order valence-electron chi connectivity index (χ2n) is 6.66. The summed E-state index contributed by atoms with van der Waals surface area (Å²) < 4.78 is 1.71. The van der Waals surface area contributed by atoms with Crippen molar-refractivity contribution in [2.75, 3.05) is 18.4 Å². The van der Waals surface area contributed by atoms with Crippen molar-refractivity contribution in [2.24, 2.45) is 7.05 Å². The minimum Gasteiger partial charge on any atom is -0.381 e. The Morgan fingerprint density at radius 2 is 2.12 bits per heavy atom. The number of amides is 1. The molecule has 134 valence electrons. The summed E-state index contributed by atoms with van der Waals surface area (Å²) in [6.45, 7) is 1.45. The van der Waals surface area contributed by atoms with E-state index in [1.54, 1.807) is 17.1 Å². The maximum atomic E-state index is 13.1. The molecule has 2 N–H and O–H groups in total. The third kappa shape index (κ3) is 3.33. The van der Waals surface area contributed by atoms with Crippen molar-refractivity contribution in [1.29, 1.82) is 0 Å². The molecule has 1 fully saturated rings. The van der Waals surface area contributed by atoms with Gasteiger partial charge in [0.05, 0.1) is 23.7 Å². The SMILES string of the molecule is Cn1cc(-c2[nH]ncc2C(=O)N2CCCC(Nc3ccccc3)C2)cn1. The van der Waals surface area contributed by atoms with E-state index >= 15 is 0 Å². The Labute approximate surface area is 152 Å². The molecule has 1 aliphatic heterocycles. The van der Waals surface area contributed by atoms with Crippen LogP contribution < -0.4 is 5.32 Å². The largest absolute Gasteiger partial charge is 0.381 e. The highest BCUT2D eigenvalue weighted by molar-refractivity contribution is 5.99. The van der Waals surface area contributed by atoms with E-state index in [0.717, 1.165) is 36.3 Å². The summed E-state index contributed by atoms with van der Waals surface area (Å²) in [5.74, 6) is 0.0113. The summed E-state index contributed by atoms with van der Waals surface area (Å²) in [5.41, 5.74) is 3.27. The molecule has 3 aromatic rings. The Kier molecular flexibility index (Phi) is 4.43. The van der Waals surface area contributed by atoms with Gasteiger partial charge in [-0.1, -0.05) is 18.2 Å². The summed E-state index contributed by atoms with van der Waals surface area (Å²) in [6, 6.07) is 10.4. The van der Waals surface area contributed by atoms with E-state index in [9.17, 15) is 4.79 Å². The van der Waals surface area contributed by atoms with Crippen molar-refractivity contribution < 1.29 is 4.79 Å². The molecule has 1 amide bonds. The minimum absolute atomic E-state index is 0.0113. The maximum Gasteiger partial charge on any atom is 0.257 e. The van der Waals surface area contributed by atoms with Gasteiger partial charge in [-0.25, -0.2) is 0 Å². The van der Waals surface area contributed by atoms with Crippen LogP contribution >= 0.6 is 0 Å². The number of benzene rings is 1. The van der Waals surface area contributed by atoms with Crippen LogP contribution in [0.3, 0.4) is 0 Å². The fourth-order valence-electron chi connectivity index (χ4n) is 3.44. The van der Waals surface area contributed by atoms with Gasteiger partial charge in [-0.3, -0.25) is 14.6 Å². The number of hydrogen-bond acceptors (Lipinski definition) is 4. The molecule has 2 aromatic heterocycles. The molecule has 3 heterocycles. The molecule has 1 unspecified atom stereocenters. The van der Waals surface area contributed by atoms with E-state index < -0.39 is 0 Å². The lowest BCUT2D eigenvalue weighted by Gasteiger charge is -2.33. The summed E-state index contributed by atoms with van der Waals surface area (Å²) in [6.07, 6.45) is 7.26. The van der Waals surface area contributed by atoms with E-state index in [1.807, 2.05) is 36.3 Å². The first-order chi connectivity index (χ1) is 12.7. The monoisotopic (exact) mass is 350 g/mol. The topological polar surface area (TPSA) is 78.8 Å². The Morgan fingerprint density at radius 1 is 1.27 bits per heavy atom. The zero-order valence-electron chi connectivity index (χ0n) is 14.7. The molecular weight excluding hydrogens is 328 g/mol. The molecular formula is C19H22N6O. The predicted octanol–water partition coefficient (Wildman–Crippen LogP) is 2.53. The lowest BCUT2D eigenvalue weighted by molar-refractivity contribution is 0.0715. The average Bonchev–Trinajstić information content (AvgIpc) is 3.31. The predicted molar refractivity (Wildman–Crippen MR) is 99.8 cm³/mol. The van der Waals surface area contributed by atoms with Crippen molar-refractivity contribution in [3.63, 3.8) is 0 Å². The molecule has 26 heavy (non-hydrogen) atoms. The molecule has 1 atom stereocenters. The summed E-state index contributed by atoms with van der Waals surface area (Å²) in [7, 11) is 1.85. The van der Waals surface area contributed by atoms with E-state index in [-0.39, 0.29) is 11.9 Å². The standard InChI is InChI=1S/C19H22N6O/c1-24-12-14(10-21-24)18-17(11-20-23-18)19(26)25-9-5-8-16(13-25)22-15-6-3-2-4-7-15/h2-4,6-7,10-12,16,22H,5,8-9,13H2,1H3,(H,20,23). The third-order valence-electron chi connectivity index (χ3n) is 4.72. The second kappa shape index (κ2) is 7.03. The highest BCUT2D eigenvalue weighted by Gasteiger charge is 2.27. The molecule has 4 rings (SSSR count). The maximum absolute atomic E-state index is 13.1. The molecule has 0 spiro atoms. The van der Waals surface area contributed by atoms with Crippen molar-refractivity contribution in [1.82, 2.24) is 24.9 Å². The summed E-state index contributed by atoms with van der Waals surface area (Å²) in [5, 5.41) is 14.7. The number of aromatic amines is 1. The van der Waals surface area contributed by atoms with Crippen molar-refractivity contribution in [3.05, 3.63) is 54.5 Å². The highest BCUT2D eigenvalue weighted by Crippen LogP contribution is 2.24. The van der Waals surface area contributed by atoms with Crippen LogP contribution in [0.1, 0.15) is 23.2 Å². The van der Waals surface area contributed by atoms with Crippen LogP contribution in [0.15, 0.2) is 48.9 Å². The van der Waals surface area contributed by atoms with E-state index in [4.69, 9.17) is 0 Å². The molecule has 1 aromatic carbocycles. The van der Waals surface area contributed by atoms with Crippen molar-refractivity contribution >= 4 is 11.6 Å². The van der Waals surface area contributed by atoms with Crippen molar-refractivity contribution in [3.8, 4) is 11.3 Å². The number of para-hydroxylation sites is 1. The number of likely N-dealkylation sites (tertiary alicyclic amines) is 1. The number of hydrogen-bond donors (Lipinski definition) is 2. The van der Waals surface area contributed by atoms with Crippen molar-refractivity contribution in [2.45, 2.75) is 18.9 Å². The molecule has 0 saturated carbocycles. The number of piperidine rings is 1. The first-order valence-corrected chi connectivity index (χ1v) is 8.84. The van der Waals surface area contributed by atoms with Gasteiger partial charge in [-0.15, -0.1) is 0 Å². The highest BCUT2D eigenvalue weighted by atomic mass is 16.2. The van der Waals surface area contributed by atoms with Gasteiger partial charge in [-0.05, 0) is 25.0 Å². The van der Waals surface area contributed by atoms with Gasteiger partial charge < -0.3 is 10.2 Å². The molecule has 7 nitrogen and oxygen atoms in total. The molecule has 7 heteroatoms. The Morgan fingerprint density at radius 3 is 2.88 bits per heavy atom. The summed E-state index contributed by atoms with van der Waals surface area (Å²) >= 11 is 0. The van der Waals surface area contributed by atoms with Crippen LogP contribution in [0.5, 0.6) is 0 Å². The Balaban J connectivity index is 1.49. The second-order valence-corrected chi connectivity index (χ2v) is 6.66. The Hall–Kier alpha value is -3.09. The molecule has 1 saturated heterocycles. The number of anilines is 1. The minimum atomic E-state index is 0.0113. The van der Waals surface area contributed by atoms with E-state index in [1.165, 1.54) is 0 Å². The van der Waals surface area contributed by atoms with Gasteiger partial charge in [0.15, 0.2) is 0 Å². The van der Waals surface area contributed by atoms with Gasteiger partial charge in [-0.2, -0.15) is 10.2 Å². The quantitative estimate of drug-likeness (QED) is 0.758. The fourth-order valence-corrected chi connectivity index (χ4v) is 3.44. The van der Waals surface area contributed by atoms with Gasteiger partial charge in [0.2, 0.25) is 0 Å². The first-order valence-electron chi connectivity index (χ1n) is 8.84. The van der Waals surface area contributed by atoms with Gasteiger partial charge in [0, 0.05) is 43.6 Å². The lowest BCUT2D eigenvalue weighted by Crippen LogP contribution is -2.45. The molecule has 0 bridgehead atoms. The third-order valence-corrected chi connectivity index (χ3v) is 4.72. The molecule has 1 aliphatic rings. The zero-order chi connectivity index (χ0) is 17.9. The number of carbonyl (C=O) groups excluding carboxylic acids is 1. The average molecular weight is 350 g/mol. The first kappa shape index (κ1) is 16.4.